The summed E-state index contributed by atoms with van der Waals surface area (Å²) in [5, 5.41) is 14.8. The summed E-state index contributed by atoms with van der Waals surface area (Å²) in [6, 6.07) is 13.9. The van der Waals surface area contributed by atoms with Gasteiger partial charge >= 0.3 is 0 Å². The molecule has 7 heteroatoms. The number of rotatable bonds is 3. The summed E-state index contributed by atoms with van der Waals surface area (Å²) in [4.78, 5) is 26.9. The second kappa shape index (κ2) is 7.34. The third kappa shape index (κ3) is 3.12. The summed E-state index contributed by atoms with van der Waals surface area (Å²) in [7, 11) is 0. The average Bonchev–Trinajstić information content (AvgIpc) is 3.25. The van der Waals surface area contributed by atoms with E-state index in [1.165, 1.54) is 16.8 Å². The van der Waals surface area contributed by atoms with E-state index in [-0.39, 0.29) is 35.4 Å². The van der Waals surface area contributed by atoms with Gasteiger partial charge < -0.3 is 10.0 Å². The van der Waals surface area contributed by atoms with Gasteiger partial charge in [0.15, 0.2) is 11.4 Å². The molecule has 5 rings (SSSR count). The van der Waals surface area contributed by atoms with Gasteiger partial charge in [0.05, 0.1) is 18.3 Å². The van der Waals surface area contributed by atoms with Gasteiger partial charge in [0.25, 0.3) is 5.91 Å². The molecule has 0 unspecified atom stereocenters. The molecule has 0 saturated carbocycles. The van der Waals surface area contributed by atoms with E-state index in [1.54, 1.807) is 17.0 Å². The predicted molar refractivity (Wildman–Crippen MR) is 113 cm³/mol. The summed E-state index contributed by atoms with van der Waals surface area (Å²) >= 11 is 0. The van der Waals surface area contributed by atoms with Gasteiger partial charge in [-0.2, -0.15) is 5.10 Å². The number of fused-ring (bicyclic) bond motifs is 2. The second-order valence-electron chi connectivity index (χ2n) is 8.29. The Labute approximate surface area is 178 Å². The van der Waals surface area contributed by atoms with Gasteiger partial charge in [-0.1, -0.05) is 42.0 Å². The Morgan fingerprint density at radius 3 is 2.39 bits per heavy atom. The van der Waals surface area contributed by atoms with Crippen LogP contribution < -0.4 is 5.43 Å². The monoisotopic (exact) mass is 419 g/mol. The standard InChI is InChI=1S/C24H22FN3O3/c1-14-4-6-15(7-5-14)20(16-8-10-17(25)11-9-16)21-18-3-2-12-27(18)24(31)22-23(30)19(29)13-26-28(21)22/h4-11,13,18,20-21,30H,2-3,12H2,1H3/t18-,20-,21-/m1/s1. The highest BCUT2D eigenvalue weighted by Gasteiger charge is 2.48. The number of carbonyl (C=O) groups excluding carboxylic acids is 1. The van der Waals surface area contributed by atoms with Crippen LogP contribution in [0.4, 0.5) is 4.39 Å². The second-order valence-corrected chi connectivity index (χ2v) is 8.29. The molecular formula is C24H22FN3O3. The molecule has 3 heterocycles. The highest BCUT2D eigenvalue weighted by molar-refractivity contribution is 5.96. The van der Waals surface area contributed by atoms with Crippen LogP contribution in [-0.4, -0.2) is 38.3 Å². The fourth-order valence-corrected chi connectivity index (χ4v) is 4.98. The molecule has 2 aromatic carbocycles. The normalized spacial score (nSPS) is 21.0. The molecule has 158 valence electrons. The van der Waals surface area contributed by atoms with E-state index in [1.807, 2.05) is 31.2 Å². The maximum Gasteiger partial charge on any atom is 0.276 e. The van der Waals surface area contributed by atoms with Crippen LogP contribution in [0.25, 0.3) is 0 Å². The topological polar surface area (TPSA) is 75.4 Å². The molecule has 2 aliphatic rings. The van der Waals surface area contributed by atoms with E-state index in [0.717, 1.165) is 35.7 Å². The maximum atomic E-state index is 13.7. The Hall–Kier alpha value is -3.48. The summed E-state index contributed by atoms with van der Waals surface area (Å²) in [6.07, 6.45) is 2.67. The Bertz CT molecular complexity index is 1160. The van der Waals surface area contributed by atoms with Crippen molar-refractivity contribution in [3.8, 4) is 5.75 Å². The Morgan fingerprint density at radius 2 is 1.71 bits per heavy atom. The largest absolute Gasteiger partial charge is 0.502 e. The van der Waals surface area contributed by atoms with Gasteiger partial charge in [0.2, 0.25) is 5.43 Å². The van der Waals surface area contributed by atoms with E-state index < -0.39 is 11.2 Å². The number of aryl methyl sites for hydroxylation is 1. The first-order chi connectivity index (χ1) is 15.0. The molecule has 0 bridgehead atoms. The zero-order valence-corrected chi connectivity index (χ0v) is 17.0. The fourth-order valence-electron chi connectivity index (χ4n) is 4.98. The lowest BCUT2D eigenvalue weighted by atomic mass is 9.79. The number of carbonyl (C=O) groups is 1. The van der Waals surface area contributed by atoms with Crippen LogP contribution in [0.1, 0.15) is 52.0 Å². The van der Waals surface area contributed by atoms with Crippen LogP contribution in [0.3, 0.4) is 0 Å². The summed E-state index contributed by atoms with van der Waals surface area (Å²) in [5.74, 6) is -1.53. The van der Waals surface area contributed by atoms with Crippen LogP contribution >= 0.6 is 0 Å². The minimum Gasteiger partial charge on any atom is -0.502 e. The molecule has 3 atom stereocenters. The van der Waals surface area contributed by atoms with Crippen molar-refractivity contribution in [2.45, 2.75) is 37.8 Å². The number of benzene rings is 2. The number of amides is 1. The number of halogens is 1. The first-order valence-corrected chi connectivity index (χ1v) is 10.4. The summed E-state index contributed by atoms with van der Waals surface area (Å²) < 4.78 is 15.2. The fraction of sp³-hybridized carbons (Fsp3) is 0.292. The average molecular weight is 419 g/mol. The van der Waals surface area contributed by atoms with Crippen LogP contribution in [0.5, 0.6) is 5.75 Å². The lowest BCUT2D eigenvalue weighted by Gasteiger charge is -2.42. The van der Waals surface area contributed by atoms with E-state index in [0.29, 0.717) is 6.54 Å². The molecule has 1 fully saturated rings. The van der Waals surface area contributed by atoms with Crippen molar-refractivity contribution in [1.82, 2.24) is 14.7 Å². The summed E-state index contributed by atoms with van der Waals surface area (Å²) in [6.45, 7) is 2.57. The molecule has 1 amide bonds. The van der Waals surface area contributed by atoms with E-state index in [2.05, 4.69) is 5.10 Å². The Balaban J connectivity index is 1.77. The van der Waals surface area contributed by atoms with Crippen LogP contribution in [0.2, 0.25) is 0 Å². The Kier molecular flexibility index (Phi) is 4.61. The lowest BCUT2D eigenvalue weighted by Crippen LogP contribution is -2.50. The van der Waals surface area contributed by atoms with E-state index >= 15 is 0 Å². The number of nitrogens with zero attached hydrogens (tertiary/aromatic N) is 3. The third-order valence-electron chi connectivity index (χ3n) is 6.43. The molecule has 0 spiro atoms. The first-order valence-electron chi connectivity index (χ1n) is 10.4. The molecular weight excluding hydrogens is 397 g/mol. The molecule has 0 aliphatic carbocycles. The molecule has 1 aromatic heterocycles. The van der Waals surface area contributed by atoms with Crippen molar-refractivity contribution in [2.75, 3.05) is 6.54 Å². The van der Waals surface area contributed by atoms with E-state index in [9.17, 15) is 19.1 Å². The first kappa shape index (κ1) is 19.5. The lowest BCUT2D eigenvalue weighted by molar-refractivity contribution is 0.0565. The van der Waals surface area contributed by atoms with Gasteiger partial charge in [-0.15, -0.1) is 0 Å². The minimum absolute atomic E-state index is 0.0742. The minimum atomic E-state index is -0.676. The number of aromatic hydroxyl groups is 1. The molecule has 3 aromatic rings. The molecule has 1 saturated heterocycles. The van der Waals surface area contributed by atoms with Gasteiger partial charge in [-0.05, 0) is 43.0 Å². The molecule has 6 nitrogen and oxygen atoms in total. The molecule has 1 N–H and O–H groups in total. The van der Waals surface area contributed by atoms with Crippen molar-refractivity contribution in [3.63, 3.8) is 0 Å². The van der Waals surface area contributed by atoms with Gasteiger partial charge in [-0.25, -0.2) is 4.39 Å². The number of hydrogen-bond acceptors (Lipinski definition) is 4. The Morgan fingerprint density at radius 1 is 1.06 bits per heavy atom. The maximum absolute atomic E-state index is 13.7. The van der Waals surface area contributed by atoms with Crippen molar-refractivity contribution in [2.24, 2.45) is 0 Å². The van der Waals surface area contributed by atoms with E-state index in [4.69, 9.17) is 0 Å². The van der Waals surface area contributed by atoms with Crippen molar-refractivity contribution < 1.29 is 14.3 Å². The zero-order valence-electron chi connectivity index (χ0n) is 17.0. The molecule has 2 aliphatic heterocycles. The molecule has 0 radical (unpaired) electrons. The van der Waals surface area contributed by atoms with Crippen LogP contribution in [0.15, 0.2) is 59.5 Å². The van der Waals surface area contributed by atoms with Gasteiger partial charge in [-0.3, -0.25) is 14.3 Å². The van der Waals surface area contributed by atoms with Crippen LogP contribution in [0, 0.1) is 12.7 Å². The smallest absolute Gasteiger partial charge is 0.276 e. The highest BCUT2D eigenvalue weighted by atomic mass is 19.1. The molecule has 31 heavy (non-hydrogen) atoms. The SMILES string of the molecule is Cc1ccc([C@H](c2ccc(F)cc2)[C@H]2[C@H]3CCCN3C(=O)c3c(O)c(=O)cnn32)cc1. The van der Waals surface area contributed by atoms with Gasteiger partial charge in [0.1, 0.15) is 5.82 Å². The van der Waals surface area contributed by atoms with Crippen molar-refractivity contribution in [3.05, 3.63) is 93.2 Å². The van der Waals surface area contributed by atoms with Crippen LogP contribution in [-0.2, 0) is 0 Å². The summed E-state index contributed by atoms with van der Waals surface area (Å²) in [5.41, 5.74) is 2.24. The highest BCUT2D eigenvalue weighted by Crippen LogP contribution is 2.45. The van der Waals surface area contributed by atoms with Crippen molar-refractivity contribution in [1.29, 1.82) is 0 Å². The quantitative estimate of drug-likeness (QED) is 0.706. The van der Waals surface area contributed by atoms with Gasteiger partial charge in [0, 0.05) is 12.5 Å². The third-order valence-corrected chi connectivity index (χ3v) is 6.43. The number of aromatic nitrogens is 2. The van der Waals surface area contributed by atoms with Crippen molar-refractivity contribution >= 4 is 5.91 Å². The predicted octanol–water partition coefficient (Wildman–Crippen LogP) is 3.39. The zero-order chi connectivity index (χ0) is 21.7. The number of hydrogen-bond donors (Lipinski definition) is 1.